The van der Waals surface area contributed by atoms with Crippen LogP contribution < -0.4 is 19.9 Å². The Bertz CT molecular complexity index is 839. The van der Waals surface area contributed by atoms with Gasteiger partial charge in [-0.2, -0.15) is 0 Å². The van der Waals surface area contributed by atoms with Crippen LogP contribution in [0, 0.1) is 10.1 Å². The number of carbonyl (C=O) groups excluding carboxylic acids is 1. The van der Waals surface area contributed by atoms with Crippen molar-refractivity contribution in [3.8, 4) is 5.75 Å². The van der Waals surface area contributed by atoms with Crippen molar-refractivity contribution >= 4 is 23.2 Å². The van der Waals surface area contributed by atoms with Crippen molar-refractivity contribution in [1.29, 1.82) is 0 Å². The Hall–Kier alpha value is -3.27. The first-order valence-electron chi connectivity index (χ1n) is 8.99. The highest BCUT2D eigenvalue weighted by Crippen LogP contribution is 2.28. The monoisotopic (exact) mass is 387 g/mol. The molecule has 0 spiro atoms. The predicted molar refractivity (Wildman–Crippen MR) is 103 cm³/mol. The van der Waals surface area contributed by atoms with Crippen LogP contribution in [-0.2, 0) is 4.79 Å². The predicted octanol–water partition coefficient (Wildman–Crippen LogP) is 0.126. The zero-order chi connectivity index (χ0) is 20.1. The van der Waals surface area contributed by atoms with Crippen LogP contribution >= 0.6 is 0 Å². The number of hydrogen-bond acceptors (Lipinski definition) is 7. The average Bonchev–Trinajstić information content (AvgIpc) is 2.74. The molecule has 0 aliphatic carbocycles. The molecule has 1 atom stereocenters. The molecule has 1 aromatic heterocycles. The number of nitrogens with zero attached hydrogens (tertiary/aromatic N) is 4. The highest BCUT2D eigenvalue weighted by atomic mass is 16.6. The van der Waals surface area contributed by atoms with Crippen molar-refractivity contribution in [2.24, 2.45) is 0 Å². The molecule has 1 amide bonds. The van der Waals surface area contributed by atoms with E-state index in [0.29, 0.717) is 11.6 Å². The lowest BCUT2D eigenvalue weighted by Gasteiger charge is -2.34. The van der Waals surface area contributed by atoms with Gasteiger partial charge >= 0.3 is 0 Å². The summed E-state index contributed by atoms with van der Waals surface area (Å²) in [4.78, 5) is 34.9. The second-order valence-corrected chi connectivity index (χ2v) is 6.55. The van der Waals surface area contributed by atoms with E-state index in [1.54, 1.807) is 18.5 Å². The number of nitrogens with one attached hydrogen (secondary N) is 2. The Morgan fingerprint density at radius 1 is 1.32 bits per heavy atom. The maximum Gasteiger partial charge on any atom is 0.282 e. The third-order valence-corrected chi connectivity index (χ3v) is 4.90. The van der Waals surface area contributed by atoms with E-state index in [9.17, 15) is 14.9 Å². The number of non-ortho nitro benzene ring substituents is 1. The van der Waals surface area contributed by atoms with Gasteiger partial charge in [-0.1, -0.05) is 0 Å². The number of carbonyl (C=O) groups is 1. The molecule has 0 saturated carbocycles. The van der Waals surface area contributed by atoms with E-state index in [1.165, 1.54) is 25.3 Å². The highest BCUT2D eigenvalue weighted by Gasteiger charge is 2.30. The van der Waals surface area contributed by atoms with Crippen LogP contribution in [-0.4, -0.2) is 60.1 Å². The first-order chi connectivity index (χ1) is 13.5. The smallest absolute Gasteiger partial charge is 0.282 e. The fourth-order valence-corrected chi connectivity index (χ4v) is 3.20. The fraction of sp³-hybridized carbons (Fsp3) is 0.389. The molecule has 0 unspecified atom stereocenters. The molecule has 1 aromatic carbocycles. The Morgan fingerprint density at radius 3 is 2.61 bits per heavy atom. The molecule has 1 fully saturated rings. The highest BCUT2D eigenvalue weighted by molar-refractivity contribution is 5.95. The van der Waals surface area contributed by atoms with E-state index < -0.39 is 4.92 Å². The number of anilines is 2. The molecule has 2 N–H and O–H groups in total. The quantitative estimate of drug-likeness (QED) is 0.535. The number of aromatic nitrogens is 2. The van der Waals surface area contributed by atoms with Crippen LogP contribution in [0.25, 0.3) is 0 Å². The van der Waals surface area contributed by atoms with Crippen molar-refractivity contribution in [3.63, 3.8) is 0 Å². The van der Waals surface area contributed by atoms with Gasteiger partial charge in [0.05, 0.1) is 50.0 Å². The zero-order valence-electron chi connectivity index (χ0n) is 15.8. The number of nitro groups is 1. The first kappa shape index (κ1) is 19.5. The molecule has 3 rings (SSSR count). The van der Waals surface area contributed by atoms with Crippen molar-refractivity contribution in [1.82, 2.24) is 9.97 Å². The molecule has 148 valence electrons. The Balaban J connectivity index is 1.60. The summed E-state index contributed by atoms with van der Waals surface area (Å²) in [6.07, 6.45) is 3.43. The maximum atomic E-state index is 12.7. The second kappa shape index (κ2) is 8.61. The van der Waals surface area contributed by atoms with Gasteiger partial charge in [-0.25, -0.2) is 9.97 Å². The lowest BCUT2D eigenvalue weighted by Crippen LogP contribution is -3.19. The summed E-state index contributed by atoms with van der Waals surface area (Å²) in [7, 11) is 1.41. The van der Waals surface area contributed by atoms with Crippen LogP contribution in [0.3, 0.4) is 0 Å². The molecule has 10 heteroatoms. The minimum Gasteiger partial charge on any atom is -0.494 e. The topological polar surface area (TPSA) is 115 Å². The molecule has 1 aliphatic heterocycles. The van der Waals surface area contributed by atoms with E-state index in [4.69, 9.17) is 4.74 Å². The summed E-state index contributed by atoms with van der Waals surface area (Å²) < 4.78 is 5.18. The van der Waals surface area contributed by atoms with Crippen molar-refractivity contribution in [2.75, 3.05) is 43.5 Å². The summed E-state index contributed by atoms with van der Waals surface area (Å²) in [6, 6.07) is 5.63. The van der Waals surface area contributed by atoms with Gasteiger partial charge in [-0.15, -0.1) is 0 Å². The molecule has 2 heterocycles. The second-order valence-electron chi connectivity index (χ2n) is 6.55. The molecule has 10 nitrogen and oxygen atoms in total. The third kappa shape index (κ3) is 4.34. The van der Waals surface area contributed by atoms with Gasteiger partial charge in [0.2, 0.25) is 5.95 Å². The number of methoxy groups -OCH3 is 1. The summed E-state index contributed by atoms with van der Waals surface area (Å²) in [6.45, 7) is 4.96. The lowest BCUT2D eigenvalue weighted by atomic mass is 10.2. The zero-order valence-corrected chi connectivity index (χ0v) is 15.8. The van der Waals surface area contributed by atoms with Gasteiger partial charge in [0.25, 0.3) is 11.6 Å². The molecule has 1 saturated heterocycles. The fourth-order valence-electron chi connectivity index (χ4n) is 3.20. The van der Waals surface area contributed by atoms with Gasteiger partial charge in [0, 0.05) is 18.5 Å². The average molecular weight is 387 g/mol. The maximum absolute atomic E-state index is 12.7. The van der Waals surface area contributed by atoms with E-state index in [1.807, 2.05) is 6.92 Å². The summed E-state index contributed by atoms with van der Waals surface area (Å²) in [5.41, 5.74) is 0.327. The summed E-state index contributed by atoms with van der Waals surface area (Å²) >= 11 is 0. The Morgan fingerprint density at radius 2 is 2.00 bits per heavy atom. The Kier molecular flexibility index (Phi) is 5.99. The van der Waals surface area contributed by atoms with Crippen LogP contribution in [0.4, 0.5) is 17.3 Å². The van der Waals surface area contributed by atoms with Crippen LogP contribution in [0.15, 0.2) is 36.7 Å². The minimum absolute atomic E-state index is 0.0900. The molecule has 0 bridgehead atoms. The third-order valence-electron chi connectivity index (χ3n) is 4.90. The van der Waals surface area contributed by atoms with E-state index >= 15 is 0 Å². The van der Waals surface area contributed by atoms with Crippen LogP contribution in [0.1, 0.15) is 6.92 Å². The van der Waals surface area contributed by atoms with Crippen molar-refractivity contribution < 1.29 is 19.4 Å². The summed E-state index contributed by atoms with van der Waals surface area (Å²) in [5, 5.41) is 13.7. The van der Waals surface area contributed by atoms with Gasteiger partial charge in [-0.3, -0.25) is 14.9 Å². The normalized spacial score (nSPS) is 15.7. The van der Waals surface area contributed by atoms with Gasteiger partial charge in [0.1, 0.15) is 5.75 Å². The molecule has 1 aliphatic rings. The van der Waals surface area contributed by atoms with Gasteiger partial charge < -0.3 is 19.9 Å². The molecular formula is C18H23N6O4+. The number of rotatable bonds is 6. The van der Waals surface area contributed by atoms with Crippen molar-refractivity contribution in [3.05, 3.63) is 46.8 Å². The van der Waals surface area contributed by atoms with E-state index in [2.05, 4.69) is 20.2 Å². The molecule has 2 aromatic rings. The van der Waals surface area contributed by atoms with Crippen molar-refractivity contribution in [2.45, 2.75) is 13.0 Å². The molecular weight excluding hydrogens is 364 g/mol. The number of ether oxygens (including phenoxy) is 1. The Labute approximate surface area is 162 Å². The number of piperazine rings is 1. The molecule has 0 radical (unpaired) electrons. The van der Waals surface area contributed by atoms with Crippen LogP contribution in [0.5, 0.6) is 5.75 Å². The van der Waals surface area contributed by atoms with E-state index in [0.717, 1.165) is 31.1 Å². The lowest BCUT2D eigenvalue weighted by molar-refractivity contribution is -0.914. The van der Waals surface area contributed by atoms with E-state index in [-0.39, 0.29) is 23.4 Å². The first-order valence-corrected chi connectivity index (χ1v) is 8.99. The SMILES string of the molecule is COc1cc([N+](=O)[O-])ccc1NC(=O)[C@H](C)[NH+]1CCN(c2ncccn2)CC1. The number of hydrogen-bond donors (Lipinski definition) is 2. The van der Waals surface area contributed by atoms with Gasteiger partial charge in [0.15, 0.2) is 6.04 Å². The standard InChI is InChI=1S/C18H22N6O4/c1-13(22-8-10-23(11-9-22)18-19-6-3-7-20-18)17(25)21-15-5-4-14(24(26)27)12-16(15)28-2/h3-7,12-13H,8-11H2,1-2H3,(H,21,25)/p+1/t13-/m0/s1. The van der Waals surface area contributed by atoms with Gasteiger partial charge in [-0.05, 0) is 19.1 Å². The largest absolute Gasteiger partial charge is 0.494 e. The molecule has 28 heavy (non-hydrogen) atoms. The number of nitro benzene ring substituents is 1. The number of benzene rings is 1. The minimum atomic E-state index is -0.503. The number of quaternary nitrogens is 1. The van der Waals surface area contributed by atoms with Crippen LogP contribution in [0.2, 0.25) is 0 Å². The summed E-state index contributed by atoms with van der Waals surface area (Å²) in [5.74, 6) is 0.802. The number of amides is 1.